The standard InChI is InChI=1S/C14H19N3O3/c1-10-4-5-12(17(19)20)13(8-10)16-7-6-15(3)9-14(16)11(2)18/h4-5,8,14H,6-7,9H2,1-3H3. The Balaban J connectivity index is 2.45. The van der Waals surface area contributed by atoms with Crippen LogP contribution in [0.15, 0.2) is 18.2 Å². The first kappa shape index (κ1) is 14.5. The molecule has 0 N–H and O–H groups in total. The predicted molar refractivity (Wildman–Crippen MR) is 77.1 cm³/mol. The van der Waals surface area contributed by atoms with E-state index >= 15 is 0 Å². The van der Waals surface area contributed by atoms with Crippen molar-refractivity contribution < 1.29 is 9.72 Å². The SMILES string of the molecule is CC(=O)C1CN(C)CCN1c1cc(C)ccc1[N+](=O)[O-]. The van der Waals surface area contributed by atoms with Crippen LogP contribution in [0, 0.1) is 17.0 Å². The van der Waals surface area contributed by atoms with Crippen molar-refractivity contribution in [1.29, 1.82) is 0 Å². The highest BCUT2D eigenvalue weighted by Crippen LogP contribution is 2.31. The molecule has 20 heavy (non-hydrogen) atoms. The number of rotatable bonds is 3. The summed E-state index contributed by atoms with van der Waals surface area (Å²) in [5.41, 5.74) is 1.56. The van der Waals surface area contributed by atoms with Gasteiger partial charge in [0.15, 0.2) is 5.78 Å². The van der Waals surface area contributed by atoms with Gasteiger partial charge in [0, 0.05) is 25.7 Å². The van der Waals surface area contributed by atoms with Gasteiger partial charge in [-0.15, -0.1) is 0 Å². The Morgan fingerprint density at radius 2 is 2.10 bits per heavy atom. The number of carbonyl (C=O) groups is 1. The van der Waals surface area contributed by atoms with Crippen LogP contribution in [-0.4, -0.2) is 48.3 Å². The molecule has 6 nitrogen and oxygen atoms in total. The molecule has 0 aliphatic carbocycles. The topological polar surface area (TPSA) is 66.7 Å². The van der Waals surface area contributed by atoms with Crippen molar-refractivity contribution >= 4 is 17.2 Å². The van der Waals surface area contributed by atoms with Crippen molar-refractivity contribution in [2.75, 3.05) is 31.6 Å². The van der Waals surface area contributed by atoms with Crippen LogP contribution >= 0.6 is 0 Å². The van der Waals surface area contributed by atoms with Crippen molar-refractivity contribution in [3.05, 3.63) is 33.9 Å². The summed E-state index contributed by atoms with van der Waals surface area (Å²) in [6.45, 7) is 5.44. The van der Waals surface area contributed by atoms with Crippen molar-refractivity contribution in [2.24, 2.45) is 0 Å². The highest BCUT2D eigenvalue weighted by molar-refractivity contribution is 5.86. The number of ketones is 1. The summed E-state index contributed by atoms with van der Waals surface area (Å²) in [4.78, 5) is 26.6. The number of hydrogen-bond donors (Lipinski definition) is 0. The molecule has 6 heteroatoms. The number of benzene rings is 1. The Morgan fingerprint density at radius 3 is 2.70 bits per heavy atom. The first-order chi connectivity index (χ1) is 9.40. The fraction of sp³-hybridized carbons (Fsp3) is 0.500. The maximum absolute atomic E-state index is 11.9. The molecule has 0 radical (unpaired) electrons. The number of nitro benzene ring substituents is 1. The van der Waals surface area contributed by atoms with E-state index in [0.717, 1.165) is 12.1 Å². The molecule has 2 rings (SSSR count). The van der Waals surface area contributed by atoms with E-state index in [1.54, 1.807) is 19.1 Å². The third kappa shape index (κ3) is 2.80. The Labute approximate surface area is 118 Å². The zero-order chi connectivity index (χ0) is 14.9. The molecule has 0 bridgehead atoms. The summed E-state index contributed by atoms with van der Waals surface area (Å²) < 4.78 is 0. The van der Waals surface area contributed by atoms with Gasteiger partial charge in [-0.3, -0.25) is 14.9 Å². The summed E-state index contributed by atoms with van der Waals surface area (Å²) >= 11 is 0. The van der Waals surface area contributed by atoms with Crippen LogP contribution in [-0.2, 0) is 4.79 Å². The van der Waals surface area contributed by atoms with Crippen LogP contribution < -0.4 is 4.90 Å². The molecular formula is C14H19N3O3. The minimum absolute atomic E-state index is 0.0346. The van der Waals surface area contributed by atoms with Gasteiger partial charge in [-0.05, 0) is 32.5 Å². The third-order valence-electron chi connectivity index (χ3n) is 3.69. The second-order valence-electron chi connectivity index (χ2n) is 5.33. The van der Waals surface area contributed by atoms with Gasteiger partial charge in [0.2, 0.25) is 0 Å². The average molecular weight is 277 g/mol. The van der Waals surface area contributed by atoms with Gasteiger partial charge in [-0.1, -0.05) is 6.07 Å². The van der Waals surface area contributed by atoms with Crippen molar-refractivity contribution in [3.63, 3.8) is 0 Å². The number of hydrogen-bond acceptors (Lipinski definition) is 5. The molecule has 0 aromatic heterocycles. The number of likely N-dealkylation sites (N-methyl/N-ethyl adjacent to an activating group) is 1. The Kier molecular flexibility index (Phi) is 4.04. The maximum Gasteiger partial charge on any atom is 0.292 e. The zero-order valence-electron chi connectivity index (χ0n) is 12.0. The average Bonchev–Trinajstić information content (AvgIpc) is 2.38. The second kappa shape index (κ2) is 5.58. The minimum Gasteiger partial charge on any atom is -0.353 e. The predicted octanol–water partition coefficient (Wildman–Crippen LogP) is 1.61. The smallest absolute Gasteiger partial charge is 0.292 e. The summed E-state index contributed by atoms with van der Waals surface area (Å²) in [6, 6.07) is 4.70. The van der Waals surface area contributed by atoms with Gasteiger partial charge < -0.3 is 9.80 Å². The highest BCUT2D eigenvalue weighted by Gasteiger charge is 2.32. The monoisotopic (exact) mass is 277 g/mol. The second-order valence-corrected chi connectivity index (χ2v) is 5.33. The Hall–Kier alpha value is -1.95. The number of aryl methyl sites for hydroxylation is 1. The Morgan fingerprint density at radius 1 is 1.40 bits per heavy atom. The van der Waals surface area contributed by atoms with E-state index in [2.05, 4.69) is 4.90 Å². The molecule has 1 aromatic rings. The molecule has 1 unspecified atom stereocenters. The van der Waals surface area contributed by atoms with Crippen molar-refractivity contribution in [3.8, 4) is 0 Å². The number of piperazine rings is 1. The van der Waals surface area contributed by atoms with E-state index in [-0.39, 0.29) is 22.4 Å². The fourth-order valence-electron chi connectivity index (χ4n) is 2.57. The quantitative estimate of drug-likeness (QED) is 0.620. The molecule has 1 aliphatic rings. The van der Waals surface area contributed by atoms with Crippen molar-refractivity contribution in [1.82, 2.24) is 4.90 Å². The van der Waals surface area contributed by atoms with Crippen LogP contribution in [0.4, 0.5) is 11.4 Å². The van der Waals surface area contributed by atoms with E-state index in [4.69, 9.17) is 0 Å². The van der Waals surface area contributed by atoms with Crippen molar-refractivity contribution in [2.45, 2.75) is 19.9 Å². The lowest BCUT2D eigenvalue weighted by atomic mass is 10.1. The number of nitrogens with zero attached hydrogens (tertiary/aromatic N) is 3. The van der Waals surface area contributed by atoms with Gasteiger partial charge in [0.25, 0.3) is 5.69 Å². The summed E-state index contributed by atoms with van der Waals surface area (Å²) in [5, 5.41) is 11.2. The molecule has 1 fully saturated rings. The molecule has 1 atom stereocenters. The van der Waals surface area contributed by atoms with Gasteiger partial charge in [0.05, 0.1) is 4.92 Å². The number of nitro groups is 1. The van der Waals surface area contributed by atoms with Crippen LogP contribution in [0.3, 0.4) is 0 Å². The molecule has 0 saturated carbocycles. The summed E-state index contributed by atoms with van der Waals surface area (Å²) in [5.74, 6) is 0.0346. The van der Waals surface area contributed by atoms with Gasteiger partial charge >= 0.3 is 0 Å². The molecule has 108 valence electrons. The molecule has 0 spiro atoms. The van der Waals surface area contributed by atoms with E-state index < -0.39 is 0 Å². The maximum atomic E-state index is 11.9. The Bertz CT molecular complexity index is 544. The molecule has 0 amide bonds. The minimum atomic E-state index is -0.385. The van der Waals surface area contributed by atoms with E-state index in [1.165, 1.54) is 6.07 Å². The molecular weight excluding hydrogens is 258 g/mol. The summed E-state index contributed by atoms with van der Waals surface area (Å²) in [7, 11) is 1.96. The number of anilines is 1. The van der Waals surface area contributed by atoms with Crippen LogP contribution in [0.25, 0.3) is 0 Å². The van der Waals surface area contributed by atoms with Gasteiger partial charge in [-0.2, -0.15) is 0 Å². The largest absolute Gasteiger partial charge is 0.353 e. The molecule has 1 saturated heterocycles. The van der Waals surface area contributed by atoms with Gasteiger partial charge in [-0.25, -0.2) is 0 Å². The number of carbonyl (C=O) groups excluding carboxylic acids is 1. The van der Waals surface area contributed by atoms with Crippen LogP contribution in [0.5, 0.6) is 0 Å². The first-order valence-electron chi connectivity index (χ1n) is 6.61. The zero-order valence-corrected chi connectivity index (χ0v) is 12.0. The van der Waals surface area contributed by atoms with Gasteiger partial charge in [0.1, 0.15) is 11.7 Å². The summed E-state index contributed by atoms with van der Waals surface area (Å²) in [6.07, 6.45) is 0. The first-order valence-corrected chi connectivity index (χ1v) is 6.61. The molecule has 1 aliphatic heterocycles. The van der Waals surface area contributed by atoms with E-state index in [0.29, 0.717) is 18.8 Å². The number of Topliss-reactive ketones (excluding diaryl/α,β-unsaturated/α-hetero) is 1. The third-order valence-corrected chi connectivity index (χ3v) is 3.69. The lowest BCUT2D eigenvalue weighted by Crippen LogP contribution is -2.55. The fourth-order valence-corrected chi connectivity index (χ4v) is 2.57. The highest BCUT2D eigenvalue weighted by atomic mass is 16.6. The lowest BCUT2D eigenvalue weighted by molar-refractivity contribution is -0.384. The van der Waals surface area contributed by atoms with Crippen LogP contribution in [0.2, 0.25) is 0 Å². The molecule has 1 heterocycles. The van der Waals surface area contributed by atoms with E-state index in [1.807, 2.05) is 18.9 Å². The lowest BCUT2D eigenvalue weighted by Gasteiger charge is -2.39. The van der Waals surface area contributed by atoms with Crippen LogP contribution in [0.1, 0.15) is 12.5 Å². The normalized spacial score (nSPS) is 19.9. The van der Waals surface area contributed by atoms with E-state index in [9.17, 15) is 14.9 Å². The molecule has 1 aromatic carbocycles.